The molecule has 1 fully saturated rings. The van der Waals surface area contributed by atoms with Gasteiger partial charge in [0.15, 0.2) is 24.6 Å². The molecule has 1 heterocycles. The van der Waals surface area contributed by atoms with E-state index in [9.17, 15) is 34.5 Å². The Labute approximate surface area is 439 Å². The molecule has 6 unspecified atom stereocenters. The average molecular weight is 1020 g/mol. The van der Waals surface area contributed by atoms with Gasteiger partial charge in [-0.15, -0.1) is 0 Å². The Morgan fingerprint density at radius 3 is 1.38 bits per heavy atom. The lowest BCUT2D eigenvalue weighted by Crippen LogP contribution is -2.61. The summed E-state index contributed by atoms with van der Waals surface area (Å²) >= 11 is 0. The van der Waals surface area contributed by atoms with Crippen LogP contribution < -0.4 is 0 Å². The van der Waals surface area contributed by atoms with Crippen LogP contribution in [0.15, 0.2) is 122 Å². The molecule has 0 aromatic carbocycles. The molecule has 12 nitrogen and oxygen atoms in total. The highest BCUT2D eigenvalue weighted by Gasteiger charge is 2.50. The molecule has 1 rings (SSSR count). The number of rotatable bonds is 44. The average Bonchev–Trinajstić information content (AvgIpc) is 3.37. The molecule has 6 atom stereocenters. The Balaban J connectivity index is 2.75. The monoisotopic (exact) mass is 1020 g/mol. The van der Waals surface area contributed by atoms with Crippen molar-refractivity contribution in [1.29, 1.82) is 0 Å². The largest absolute Gasteiger partial charge is 0.479 e. The fourth-order valence-corrected chi connectivity index (χ4v) is 7.41. The van der Waals surface area contributed by atoms with Crippen molar-refractivity contribution in [2.45, 2.75) is 225 Å². The summed E-state index contributed by atoms with van der Waals surface area (Å²) in [6.45, 7) is 5.60. The lowest BCUT2D eigenvalue weighted by Gasteiger charge is -2.40. The maximum absolute atomic E-state index is 13.0. The Hall–Kier alpha value is -4.88. The maximum Gasteiger partial charge on any atom is 0.335 e. The molecule has 410 valence electrons. The van der Waals surface area contributed by atoms with Crippen LogP contribution >= 0.6 is 0 Å². The molecule has 12 heteroatoms. The normalized spacial score (nSPS) is 19.3. The van der Waals surface area contributed by atoms with Gasteiger partial charge in [-0.05, 0) is 89.9 Å². The van der Waals surface area contributed by atoms with Gasteiger partial charge in [-0.25, -0.2) is 4.79 Å². The molecule has 73 heavy (non-hydrogen) atoms. The van der Waals surface area contributed by atoms with Crippen LogP contribution in [0.3, 0.4) is 0 Å². The van der Waals surface area contributed by atoms with Crippen LogP contribution in [-0.4, -0.2) is 89.2 Å². The first kappa shape index (κ1) is 66.1. The van der Waals surface area contributed by atoms with Crippen molar-refractivity contribution < 1.29 is 58.2 Å². The number of carboxylic acid groups (broad SMARTS) is 1. The zero-order chi connectivity index (χ0) is 53.3. The molecule has 1 saturated heterocycles. The third-order valence-corrected chi connectivity index (χ3v) is 11.6. The highest BCUT2D eigenvalue weighted by Crippen LogP contribution is 2.26. The van der Waals surface area contributed by atoms with Crippen LogP contribution in [0.25, 0.3) is 0 Å². The van der Waals surface area contributed by atoms with E-state index in [1.54, 1.807) is 6.08 Å². The van der Waals surface area contributed by atoms with Crippen molar-refractivity contribution in [3.8, 4) is 0 Å². The van der Waals surface area contributed by atoms with Crippen molar-refractivity contribution in [1.82, 2.24) is 0 Å². The standard InChI is InChI=1S/C61H94O12/c1-4-7-10-13-16-19-21-23-25-26-27-28-30-32-34-37-40-43-46-49-55(64)72-59-57(66)56(65)58(60(67)68)73-61(59)70-51-52(71-54(63)48-45-42-39-35-18-15-12-9-6-3)50-69-53(62)47-44-41-38-36-33-31-29-24-22-20-17-14-11-8-5-2/h7-8,10-11,16-17,19-20,23-25,27-29,32-34,36,41,44,52,56-59,61,65-66H,4-6,9,12-15,18,21-22,26,30-31,35,37-40,42-43,45-51H2,1-3H3,(H,67,68)/b10-7-,11-8-,19-16-,20-17-,25-23-,28-27-,29-24-,34-32-,36-33-,44-41-. The zero-order valence-electron chi connectivity index (χ0n) is 44.8. The van der Waals surface area contributed by atoms with Crippen molar-refractivity contribution in [3.05, 3.63) is 122 Å². The summed E-state index contributed by atoms with van der Waals surface area (Å²) in [6.07, 6.45) is 53.6. The number of aliphatic carboxylic acids is 1. The Bertz CT molecular complexity index is 1730. The lowest BCUT2D eigenvalue weighted by atomic mass is 9.98. The van der Waals surface area contributed by atoms with Crippen LogP contribution in [-0.2, 0) is 42.9 Å². The lowest BCUT2D eigenvalue weighted by molar-refractivity contribution is -0.301. The molecule has 3 N–H and O–H groups in total. The number of aliphatic hydroxyl groups excluding tert-OH is 2. The molecule has 0 saturated carbocycles. The quantitative estimate of drug-likeness (QED) is 0.0228. The highest BCUT2D eigenvalue weighted by atomic mass is 16.7. The van der Waals surface area contributed by atoms with E-state index >= 15 is 0 Å². The molecule has 0 aromatic rings. The van der Waals surface area contributed by atoms with Gasteiger partial charge in [0.25, 0.3) is 0 Å². The van der Waals surface area contributed by atoms with E-state index in [-0.39, 0.29) is 25.9 Å². The van der Waals surface area contributed by atoms with Gasteiger partial charge in [0.1, 0.15) is 18.8 Å². The van der Waals surface area contributed by atoms with Gasteiger partial charge in [0.05, 0.1) is 13.0 Å². The topological polar surface area (TPSA) is 175 Å². The molecular formula is C61H94O12. The number of carboxylic acids is 1. The SMILES string of the molecule is CC/C=C\C/C=C\C/C=C\C/C=C\C/C=C\CCCCCC(=O)OC1C(OCC(COC(=O)C/C=C\C/C=C\C/C=C\C/C=C\C/C=C\CC)OC(=O)CCCCCCCCCCC)OC(C(=O)O)C(O)C1O. The first-order valence-electron chi connectivity index (χ1n) is 27.5. The summed E-state index contributed by atoms with van der Waals surface area (Å²) in [4.78, 5) is 50.8. The third kappa shape index (κ3) is 38.4. The summed E-state index contributed by atoms with van der Waals surface area (Å²) in [5, 5.41) is 31.4. The van der Waals surface area contributed by atoms with Gasteiger partial charge in [-0.3, -0.25) is 14.4 Å². The van der Waals surface area contributed by atoms with Gasteiger partial charge < -0.3 is 39.0 Å². The summed E-state index contributed by atoms with van der Waals surface area (Å²) in [5.74, 6) is -3.35. The smallest absolute Gasteiger partial charge is 0.335 e. The molecule has 0 spiro atoms. The number of unbranched alkanes of at least 4 members (excludes halogenated alkanes) is 11. The predicted octanol–water partition coefficient (Wildman–Crippen LogP) is 13.7. The number of carbonyl (C=O) groups is 4. The zero-order valence-corrected chi connectivity index (χ0v) is 44.8. The van der Waals surface area contributed by atoms with E-state index in [4.69, 9.17) is 23.7 Å². The van der Waals surface area contributed by atoms with E-state index in [0.29, 0.717) is 19.3 Å². The van der Waals surface area contributed by atoms with Crippen LogP contribution in [0.5, 0.6) is 0 Å². The second kappa shape index (κ2) is 48.1. The second-order valence-electron chi connectivity index (χ2n) is 18.1. The Kier molecular flexibility index (Phi) is 43.6. The summed E-state index contributed by atoms with van der Waals surface area (Å²) < 4.78 is 28.1. The Morgan fingerprint density at radius 2 is 0.904 bits per heavy atom. The van der Waals surface area contributed by atoms with Gasteiger partial charge in [-0.1, -0.05) is 200 Å². The molecular weight excluding hydrogens is 925 g/mol. The number of esters is 3. The van der Waals surface area contributed by atoms with Crippen LogP contribution in [0.4, 0.5) is 0 Å². The van der Waals surface area contributed by atoms with Gasteiger partial charge in [0, 0.05) is 12.8 Å². The van der Waals surface area contributed by atoms with Gasteiger partial charge in [-0.2, -0.15) is 0 Å². The fourth-order valence-electron chi connectivity index (χ4n) is 7.41. The summed E-state index contributed by atoms with van der Waals surface area (Å²) in [5.41, 5.74) is 0. The molecule has 0 amide bonds. The molecule has 0 bridgehead atoms. The molecule has 1 aliphatic heterocycles. The number of ether oxygens (including phenoxy) is 5. The Morgan fingerprint density at radius 1 is 0.479 bits per heavy atom. The van der Waals surface area contributed by atoms with E-state index in [0.717, 1.165) is 103 Å². The van der Waals surface area contributed by atoms with Crippen molar-refractivity contribution in [3.63, 3.8) is 0 Å². The molecule has 0 radical (unpaired) electrons. The van der Waals surface area contributed by atoms with Crippen LogP contribution in [0.1, 0.15) is 188 Å². The van der Waals surface area contributed by atoms with Crippen LogP contribution in [0, 0.1) is 0 Å². The molecule has 1 aliphatic rings. The minimum Gasteiger partial charge on any atom is -0.479 e. The number of hydrogen-bond donors (Lipinski definition) is 3. The number of aliphatic hydroxyl groups is 2. The van der Waals surface area contributed by atoms with Crippen molar-refractivity contribution in [2.24, 2.45) is 0 Å². The second-order valence-corrected chi connectivity index (χ2v) is 18.1. The minimum atomic E-state index is -1.93. The van der Waals surface area contributed by atoms with E-state index in [1.165, 1.54) is 25.7 Å². The van der Waals surface area contributed by atoms with E-state index < -0.39 is 67.3 Å². The minimum absolute atomic E-state index is 0.00694. The summed E-state index contributed by atoms with van der Waals surface area (Å²) in [7, 11) is 0. The van der Waals surface area contributed by atoms with Gasteiger partial charge in [0.2, 0.25) is 0 Å². The number of carbonyl (C=O) groups excluding carboxylic acids is 3. The number of hydrogen-bond acceptors (Lipinski definition) is 11. The molecule has 0 aromatic heterocycles. The van der Waals surface area contributed by atoms with E-state index in [2.05, 4.69) is 124 Å². The van der Waals surface area contributed by atoms with Crippen molar-refractivity contribution in [2.75, 3.05) is 13.2 Å². The third-order valence-electron chi connectivity index (χ3n) is 11.6. The predicted molar refractivity (Wildman–Crippen MR) is 293 cm³/mol. The highest BCUT2D eigenvalue weighted by molar-refractivity contribution is 5.74. The van der Waals surface area contributed by atoms with Crippen LogP contribution in [0.2, 0.25) is 0 Å². The van der Waals surface area contributed by atoms with E-state index in [1.807, 2.05) is 12.2 Å². The van der Waals surface area contributed by atoms with Crippen molar-refractivity contribution >= 4 is 23.9 Å². The first-order chi connectivity index (χ1) is 35.6. The van der Waals surface area contributed by atoms with Gasteiger partial charge >= 0.3 is 23.9 Å². The summed E-state index contributed by atoms with van der Waals surface area (Å²) in [6, 6.07) is 0. The molecule has 0 aliphatic carbocycles. The maximum atomic E-state index is 13.0. The fraction of sp³-hybridized carbons (Fsp3) is 0.607. The number of allylic oxidation sites excluding steroid dienone is 19. The first-order valence-corrected chi connectivity index (χ1v) is 27.5.